The average molecular weight is 204 g/mol. The van der Waals surface area contributed by atoms with Crippen LogP contribution in [0.5, 0.6) is 5.75 Å². The summed E-state index contributed by atoms with van der Waals surface area (Å²) >= 11 is 0. The molecule has 0 heterocycles. The van der Waals surface area contributed by atoms with Crippen LogP contribution < -0.4 is 4.74 Å². The van der Waals surface area contributed by atoms with E-state index in [1.165, 1.54) is 5.56 Å². The zero-order chi connectivity index (χ0) is 10.8. The van der Waals surface area contributed by atoms with Crippen LogP contribution in [-0.2, 0) is 4.79 Å². The largest absolute Gasteiger partial charge is 0.494 e. The molecule has 80 valence electrons. The van der Waals surface area contributed by atoms with Gasteiger partial charge in [-0.25, -0.2) is 0 Å². The molecule has 2 nitrogen and oxygen atoms in total. The molecule has 15 heavy (non-hydrogen) atoms. The molecule has 1 aromatic rings. The van der Waals surface area contributed by atoms with Crippen molar-refractivity contribution in [3.05, 3.63) is 29.8 Å². The van der Waals surface area contributed by atoms with E-state index in [2.05, 4.69) is 12.1 Å². The number of carbonyl (C=O) groups is 1. The quantitative estimate of drug-likeness (QED) is 0.756. The van der Waals surface area contributed by atoms with Crippen LogP contribution in [-0.4, -0.2) is 12.4 Å². The molecule has 1 aliphatic carbocycles. The summed E-state index contributed by atoms with van der Waals surface area (Å²) in [6.45, 7) is 4.66. The Balaban J connectivity index is 2.15. The molecule has 1 saturated carbocycles. The van der Waals surface area contributed by atoms with Gasteiger partial charge in [-0.3, -0.25) is 4.79 Å². The van der Waals surface area contributed by atoms with Gasteiger partial charge in [-0.2, -0.15) is 0 Å². The van der Waals surface area contributed by atoms with Gasteiger partial charge in [0.25, 0.3) is 0 Å². The smallest absolute Gasteiger partial charge is 0.136 e. The van der Waals surface area contributed by atoms with E-state index in [0.29, 0.717) is 24.7 Å². The van der Waals surface area contributed by atoms with Gasteiger partial charge in [-0.05, 0) is 24.6 Å². The molecule has 2 rings (SSSR count). The fraction of sp³-hybridized carbons (Fsp3) is 0.462. The number of rotatable bonds is 3. The lowest BCUT2D eigenvalue weighted by atomic mass is 9.70. The van der Waals surface area contributed by atoms with Crippen LogP contribution in [0.15, 0.2) is 24.3 Å². The average Bonchev–Trinajstić information content (AvgIpc) is 2.26. The summed E-state index contributed by atoms with van der Waals surface area (Å²) in [7, 11) is 0. The van der Waals surface area contributed by atoms with Crippen LogP contribution in [0.4, 0.5) is 0 Å². The predicted octanol–water partition coefficient (Wildman–Crippen LogP) is 2.78. The molecule has 2 heteroatoms. The molecular formula is C13H16O2. The highest BCUT2D eigenvalue weighted by molar-refractivity contribution is 5.89. The summed E-state index contributed by atoms with van der Waals surface area (Å²) in [4.78, 5) is 11.2. The third kappa shape index (κ3) is 1.89. The van der Waals surface area contributed by atoms with Gasteiger partial charge in [0.05, 0.1) is 6.61 Å². The summed E-state index contributed by atoms with van der Waals surface area (Å²) < 4.78 is 5.44. The van der Waals surface area contributed by atoms with E-state index in [1.54, 1.807) is 0 Å². The van der Waals surface area contributed by atoms with Crippen molar-refractivity contribution in [3.63, 3.8) is 0 Å². The molecular weight excluding hydrogens is 188 g/mol. The molecule has 0 aliphatic heterocycles. The Hall–Kier alpha value is -1.31. The number of carbonyl (C=O) groups excluding carboxylic acids is 1. The minimum absolute atomic E-state index is 0.182. The number of ether oxygens (including phenoxy) is 1. The van der Waals surface area contributed by atoms with E-state index in [1.807, 2.05) is 26.0 Å². The molecule has 0 saturated heterocycles. The van der Waals surface area contributed by atoms with Gasteiger partial charge in [-0.1, -0.05) is 19.1 Å². The summed E-state index contributed by atoms with van der Waals surface area (Å²) in [6.07, 6.45) is 0.691. The van der Waals surface area contributed by atoms with Gasteiger partial charge in [-0.15, -0.1) is 0 Å². The molecule has 2 atom stereocenters. The van der Waals surface area contributed by atoms with Crippen molar-refractivity contribution in [2.75, 3.05) is 6.61 Å². The van der Waals surface area contributed by atoms with E-state index in [0.717, 1.165) is 5.75 Å². The van der Waals surface area contributed by atoms with Crippen molar-refractivity contribution >= 4 is 5.78 Å². The maximum atomic E-state index is 11.2. The van der Waals surface area contributed by atoms with Gasteiger partial charge in [0.2, 0.25) is 0 Å². The normalized spacial score (nSPS) is 24.8. The minimum Gasteiger partial charge on any atom is -0.494 e. The Morgan fingerprint density at radius 3 is 2.87 bits per heavy atom. The molecule has 0 aromatic heterocycles. The standard InChI is InChI=1S/C13H16O2/c1-3-15-11-6-4-5-10(7-11)12-8-13(14)9(12)2/h4-7,9,12H,3,8H2,1-2H3. The third-order valence-electron chi connectivity index (χ3n) is 3.13. The van der Waals surface area contributed by atoms with Crippen molar-refractivity contribution < 1.29 is 9.53 Å². The van der Waals surface area contributed by atoms with Gasteiger partial charge < -0.3 is 4.74 Å². The highest BCUT2D eigenvalue weighted by Crippen LogP contribution is 2.39. The van der Waals surface area contributed by atoms with Crippen LogP contribution in [0.1, 0.15) is 31.7 Å². The van der Waals surface area contributed by atoms with E-state index in [-0.39, 0.29) is 5.92 Å². The molecule has 1 fully saturated rings. The number of benzene rings is 1. The lowest BCUT2D eigenvalue weighted by molar-refractivity contribution is -0.130. The van der Waals surface area contributed by atoms with Crippen molar-refractivity contribution in [1.29, 1.82) is 0 Å². The van der Waals surface area contributed by atoms with E-state index in [9.17, 15) is 4.79 Å². The molecule has 2 unspecified atom stereocenters. The predicted molar refractivity (Wildman–Crippen MR) is 59.1 cm³/mol. The summed E-state index contributed by atoms with van der Waals surface area (Å²) in [5.74, 6) is 1.86. The summed E-state index contributed by atoms with van der Waals surface area (Å²) in [5, 5.41) is 0. The van der Waals surface area contributed by atoms with E-state index < -0.39 is 0 Å². The molecule has 0 radical (unpaired) electrons. The molecule has 1 aromatic carbocycles. The van der Waals surface area contributed by atoms with E-state index >= 15 is 0 Å². The van der Waals surface area contributed by atoms with E-state index in [4.69, 9.17) is 4.74 Å². The maximum absolute atomic E-state index is 11.2. The first kappa shape index (κ1) is 10.2. The maximum Gasteiger partial charge on any atom is 0.136 e. The lowest BCUT2D eigenvalue weighted by Crippen LogP contribution is -2.32. The Morgan fingerprint density at radius 1 is 1.47 bits per heavy atom. The Morgan fingerprint density at radius 2 is 2.27 bits per heavy atom. The van der Waals surface area contributed by atoms with Crippen LogP contribution in [0.25, 0.3) is 0 Å². The Kier molecular flexibility index (Phi) is 2.76. The van der Waals surface area contributed by atoms with Crippen molar-refractivity contribution in [2.45, 2.75) is 26.2 Å². The SMILES string of the molecule is CCOc1cccc(C2CC(=O)C2C)c1. The summed E-state index contributed by atoms with van der Waals surface area (Å²) in [6, 6.07) is 8.08. The van der Waals surface area contributed by atoms with Crippen LogP contribution in [0.3, 0.4) is 0 Å². The second-order valence-electron chi connectivity index (χ2n) is 4.07. The highest BCUT2D eigenvalue weighted by atomic mass is 16.5. The Bertz CT molecular complexity index is 371. The molecule has 0 amide bonds. The third-order valence-corrected chi connectivity index (χ3v) is 3.13. The van der Waals surface area contributed by atoms with Crippen LogP contribution in [0.2, 0.25) is 0 Å². The molecule has 0 N–H and O–H groups in total. The zero-order valence-corrected chi connectivity index (χ0v) is 9.19. The molecule has 1 aliphatic rings. The monoisotopic (exact) mass is 204 g/mol. The first-order valence-corrected chi connectivity index (χ1v) is 5.48. The van der Waals surface area contributed by atoms with Crippen molar-refractivity contribution in [3.8, 4) is 5.75 Å². The topological polar surface area (TPSA) is 26.3 Å². The van der Waals surface area contributed by atoms with Crippen LogP contribution >= 0.6 is 0 Å². The minimum atomic E-state index is 0.182. The van der Waals surface area contributed by atoms with Gasteiger partial charge in [0.15, 0.2) is 0 Å². The first-order chi connectivity index (χ1) is 7.22. The highest BCUT2D eigenvalue weighted by Gasteiger charge is 2.36. The number of ketones is 1. The van der Waals surface area contributed by atoms with Gasteiger partial charge in [0, 0.05) is 18.3 Å². The molecule has 0 spiro atoms. The van der Waals surface area contributed by atoms with Crippen molar-refractivity contribution in [1.82, 2.24) is 0 Å². The number of Topliss-reactive ketones (excluding diaryl/α,β-unsaturated/α-hetero) is 1. The van der Waals surface area contributed by atoms with Gasteiger partial charge in [0.1, 0.15) is 11.5 Å². The second kappa shape index (κ2) is 4.05. The van der Waals surface area contributed by atoms with Gasteiger partial charge >= 0.3 is 0 Å². The zero-order valence-electron chi connectivity index (χ0n) is 9.19. The number of hydrogen-bond acceptors (Lipinski definition) is 2. The lowest BCUT2D eigenvalue weighted by Gasteiger charge is -2.32. The Labute approximate surface area is 90.3 Å². The fourth-order valence-electron chi connectivity index (χ4n) is 2.05. The number of hydrogen-bond donors (Lipinski definition) is 0. The summed E-state index contributed by atoms with van der Waals surface area (Å²) in [5.41, 5.74) is 1.23. The molecule has 0 bridgehead atoms. The fourth-order valence-corrected chi connectivity index (χ4v) is 2.05. The van der Waals surface area contributed by atoms with Crippen molar-refractivity contribution in [2.24, 2.45) is 5.92 Å². The second-order valence-corrected chi connectivity index (χ2v) is 4.07. The first-order valence-electron chi connectivity index (χ1n) is 5.48. The van der Waals surface area contributed by atoms with Crippen LogP contribution in [0, 0.1) is 5.92 Å².